The van der Waals surface area contributed by atoms with Crippen LogP contribution in [0.15, 0.2) is 30.3 Å². The van der Waals surface area contributed by atoms with Gasteiger partial charge in [0.1, 0.15) is 6.61 Å². The highest BCUT2D eigenvalue weighted by Crippen LogP contribution is 2.41. The number of carbonyl (C=O) groups is 2. The van der Waals surface area contributed by atoms with Crippen LogP contribution in [0.4, 0.5) is 4.79 Å². The first-order valence-corrected chi connectivity index (χ1v) is 20.8. The first kappa shape index (κ1) is 34.7. The van der Waals surface area contributed by atoms with E-state index in [1.165, 1.54) is 4.90 Å². The molecule has 1 saturated heterocycles. The number of hydrogen-bond donors (Lipinski definition) is 0. The third-order valence-corrected chi connectivity index (χ3v) is 18.5. The minimum atomic E-state index is -2.09. The molecule has 1 fully saturated rings. The summed E-state index contributed by atoms with van der Waals surface area (Å²) in [6, 6.07) is 9.67. The van der Waals surface area contributed by atoms with Gasteiger partial charge in [0.05, 0.1) is 12.1 Å². The highest BCUT2D eigenvalue weighted by molar-refractivity contribution is 6.74. The van der Waals surface area contributed by atoms with Gasteiger partial charge in [-0.3, -0.25) is 4.79 Å². The standard InChI is InChI=1S/C32H57NO5Si2/c1-23(19-24(2)29(34)33-27(22-36-30(33)35)20-26-17-15-14-16-18-26)28(38-40(12,13)32(7,8)9)25(3)21-37-39(10,11)31(4,5)6/h14-18,23-25,27-28H,19-22H2,1-13H3/t23-,24+,25-,27+,28-/m0/s1. The molecule has 40 heavy (non-hydrogen) atoms. The second-order valence-corrected chi connectivity index (χ2v) is 24.7. The number of cyclic esters (lactones) is 1. The summed E-state index contributed by atoms with van der Waals surface area (Å²) >= 11 is 0. The molecule has 0 bridgehead atoms. The molecule has 6 nitrogen and oxygen atoms in total. The molecule has 0 saturated carbocycles. The van der Waals surface area contributed by atoms with Crippen LogP contribution in [0.25, 0.3) is 0 Å². The van der Waals surface area contributed by atoms with E-state index in [0.29, 0.717) is 19.4 Å². The highest BCUT2D eigenvalue weighted by atomic mass is 28.4. The normalized spacial score (nSPS) is 20.2. The molecule has 0 N–H and O–H groups in total. The van der Waals surface area contributed by atoms with E-state index in [4.69, 9.17) is 13.6 Å². The summed E-state index contributed by atoms with van der Waals surface area (Å²) in [6.07, 6.45) is 0.645. The van der Waals surface area contributed by atoms with Crippen LogP contribution >= 0.6 is 0 Å². The SMILES string of the molecule is C[C@H](C[C@H](C)[C@H](O[Si](C)(C)C(C)(C)C)[C@@H](C)CO[Si](C)(C)C(C)(C)C)C(=O)N1C(=O)OC[C@H]1Cc1ccccc1. The topological polar surface area (TPSA) is 65.1 Å². The molecule has 1 heterocycles. The van der Waals surface area contributed by atoms with Gasteiger partial charge in [0.25, 0.3) is 0 Å². The maximum Gasteiger partial charge on any atom is 0.416 e. The first-order chi connectivity index (χ1) is 18.2. The Balaban J connectivity index is 2.21. The molecule has 1 aliphatic rings. The Kier molecular flexibility index (Phi) is 11.5. The summed E-state index contributed by atoms with van der Waals surface area (Å²) in [5.41, 5.74) is 1.09. The Hall–Kier alpha value is -1.49. The summed E-state index contributed by atoms with van der Waals surface area (Å²) in [7, 11) is -4.00. The van der Waals surface area contributed by atoms with Gasteiger partial charge in [-0.25, -0.2) is 9.69 Å². The van der Waals surface area contributed by atoms with Crippen LogP contribution in [0.5, 0.6) is 0 Å². The Morgan fingerprint density at radius 2 is 1.50 bits per heavy atom. The summed E-state index contributed by atoms with van der Waals surface area (Å²) < 4.78 is 19.0. The molecule has 0 spiro atoms. The van der Waals surface area contributed by atoms with Crippen LogP contribution in [0.3, 0.4) is 0 Å². The third kappa shape index (κ3) is 8.76. The third-order valence-electron chi connectivity index (χ3n) is 9.53. The molecular weight excluding hydrogens is 535 g/mol. The molecule has 2 amide bonds. The largest absolute Gasteiger partial charge is 0.447 e. The molecule has 1 aromatic rings. The summed E-state index contributed by atoms with van der Waals surface area (Å²) in [4.78, 5) is 27.7. The van der Waals surface area contributed by atoms with Crippen LogP contribution in [0, 0.1) is 17.8 Å². The fourth-order valence-corrected chi connectivity index (χ4v) is 7.37. The second kappa shape index (κ2) is 13.2. The van der Waals surface area contributed by atoms with Crippen molar-refractivity contribution in [1.82, 2.24) is 4.90 Å². The average Bonchev–Trinajstić information content (AvgIpc) is 3.19. The zero-order chi connectivity index (χ0) is 30.7. The van der Waals surface area contributed by atoms with Gasteiger partial charge in [0.2, 0.25) is 5.91 Å². The van der Waals surface area contributed by atoms with E-state index < -0.39 is 22.7 Å². The van der Waals surface area contributed by atoms with Crippen molar-refractivity contribution in [2.45, 2.75) is 124 Å². The number of benzene rings is 1. The first-order valence-electron chi connectivity index (χ1n) is 15.0. The fourth-order valence-electron chi connectivity index (χ4n) is 4.76. The van der Waals surface area contributed by atoms with Crippen molar-refractivity contribution in [3.63, 3.8) is 0 Å². The van der Waals surface area contributed by atoms with Crippen molar-refractivity contribution >= 4 is 28.6 Å². The van der Waals surface area contributed by atoms with Gasteiger partial charge in [0.15, 0.2) is 16.6 Å². The predicted octanol–water partition coefficient (Wildman–Crippen LogP) is 8.29. The van der Waals surface area contributed by atoms with E-state index >= 15 is 0 Å². The van der Waals surface area contributed by atoms with Crippen LogP contribution in [0.1, 0.15) is 74.3 Å². The molecule has 8 heteroatoms. The van der Waals surface area contributed by atoms with Crippen LogP contribution in [-0.4, -0.2) is 58.9 Å². The summed E-state index contributed by atoms with van der Waals surface area (Å²) in [5, 5.41) is 0.200. The van der Waals surface area contributed by atoms with Crippen molar-refractivity contribution in [1.29, 1.82) is 0 Å². The molecule has 2 rings (SSSR count). The number of imide groups is 1. The molecule has 0 unspecified atom stereocenters. The van der Waals surface area contributed by atoms with Gasteiger partial charge >= 0.3 is 6.09 Å². The lowest BCUT2D eigenvalue weighted by Gasteiger charge is -2.44. The molecule has 1 aromatic carbocycles. The minimum absolute atomic E-state index is 0.0495. The number of rotatable bonds is 12. The molecule has 0 radical (unpaired) electrons. The van der Waals surface area contributed by atoms with Gasteiger partial charge in [0, 0.05) is 18.4 Å². The summed E-state index contributed by atoms with van der Waals surface area (Å²) in [6.45, 7) is 29.9. The van der Waals surface area contributed by atoms with E-state index in [-0.39, 0.29) is 52.5 Å². The van der Waals surface area contributed by atoms with E-state index in [1.54, 1.807) is 0 Å². The summed E-state index contributed by atoms with van der Waals surface area (Å²) in [5.74, 6) is -0.218. The molecule has 0 aliphatic carbocycles. The minimum Gasteiger partial charge on any atom is -0.447 e. The monoisotopic (exact) mass is 591 g/mol. The smallest absolute Gasteiger partial charge is 0.416 e. The number of amides is 2. The number of nitrogens with zero attached hydrogens (tertiary/aromatic N) is 1. The highest BCUT2D eigenvalue weighted by Gasteiger charge is 2.44. The maximum absolute atomic E-state index is 13.7. The van der Waals surface area contributed by atoms with Gasteiger partial charge in [-0.1, -0.05) is 92.6 Å². The van der Waals surface area contributed by atoms with Crippen molar-refractivity contribution in [3.05, 3.63) is 35.9 Å². The Bertz CT molecular complexity index is 983. The molecular formula is C32H57NO5Si2. The van der Waals surface area contributed by atoms with Gasteiger partial charge in [-0.2, -0.15) is 0 Å². The Morgan fingerprint density at radius 1 is 0.950 bits per heavy atom. The molecule has 0 aromatic heterocycles. The number of ether oxygens (including phenoxy) is 1. The number of carbonyl (C=O) groups excluding carboxylic acids is 2. The van der Waals surface area contributed by atoms with Crippen LogP contribution in [0.2, 0.25) is 36.3 Å². The lowest BCUT2D eigenvalue weighted by atomic mass is 9.86. The zero-order valence-corrected chi connectivity index (χ0v) is 29.6. The van der Waals surface area contributed by atoms with Crippen molar-refractivity contribution < 1.29 is 23.2 Å². The molecule has 1 aliphatic heterocycles. The Labute approximate surface area is 246 Å². The van der Waals surface area contributed by atoms with Crippen LogP contribution in [-0.2, 0) is 24.8 Å². The maximum atomic E-state index is 13.7. The van der Waals surface area contributed by atoms with E-state index in [0.717, 1.165) is 5.56 Å². The Morgan fingerprint density at radius 3 is 2.02 bits per heavy atom. The van der Waals surface area contributed by atoms with E-state index in [2.05, 4.69) is 81.6 Å². The van der Waals surface area contributed by atoms with Crippen molar-refractivity contribution in [2.75, 3.05) is 13.2 Å². The second-order valence-electron chi connectivity index (χ2n) is 15.1. The van der Waals surface area contributed by atoms with E-state index in [1.807, 2.05) is 37.3 Å². The van der Waals surface area contributed by atoms with Gasteiger partial charge in [-0.05, 0) is 60.6 Å². The van der Waals surface area contributed by atoms with E-state index in [9.17, 15) is 9.59 Å². The van der Waals surface area contributed by atoms with Crippen molar-refractivity contribution in [2.24, 2.45) is 17.8 Å². The lowest BCUT2D eigenvalue weighted by Crippen LogP contribution is -2.50. The van der Waals surface area contributed by atoms with Gasteiger partial charge in [-0.15, -0.1) is 0 Å². The number of hydrogen-bond acceptors (Lipinski definition) is 5. The lowest BCUT2D eigenvalue weighted by molar-refractivity contribution is -0.133. The van der Waals surface area contributed by atoms with Crippen molar-refractivity contribution in [3.8, 4) is 0 Å². The quantitative estimate of drug-likeness (QED) is 0.229. The zero-order valence-electron chi connectivity index (χ0n) is 27.6. The van der Waals surface area contributed by atoms with Crippen LogP contribution < -0.4 is 0 Å². The molecule has 5 atom stereocenters. The fraction of sp³-hybridized carbons (Fsp3) is 0.750. The average molecular weight is 592 g/mol. The molecule has 228 valence electrons. The predicted molar refractivity (Wildman–Crippen MR) is 169 cm³/mol. The van der Waals surface area contributed by atoms with Gasteiger partial charge < -0.3 is 13.6 Å².